The van der Waals surface area contributed by atoms with Crippen LogP contribution in [0.4, 0.5) is 4.39 Å². The van der Waals surface area contributed by atoms with Crippen LogP contribution < -0.4 is 11.1 Å². The number of nitrogens with two attached hydrogens (primary N) is 1. The fourth-order valence-electron chi connectivity index (χ4n) is 1.74. The number of benzene rings is 1. The van der Waals surface area contributed by atoms with E-state index < -0.39 is 0 Å². The molecule has 0 radical (unpaired) electrons. The molecule has 0 aliphatic carbocycles. The second-order valence-electron chi connectivity index (χ2n) is 3.96. The zero-order valence-corrected chi connectivity index (χ0v) is 9.88. The lowest BCUT2D eigenvalue weighted by atomic mass is 10.0. The third kappa shape index (κ3) is 4.29. The predicted molar refractivity (Wildman–Crippen MR) is 65.7 cm³/mol. The second-order valence-corrected chi connectivity index (χ2v) is 3.96. The van der Waals surface area contributed by atoms with E-state index in [4.69, 9.17) is 5.73 Å². The zero-order valence-electron chi connectivity index (χ0n) is 9.88. The molecule has 3 heteroatoms. The standard InChI is InChI=1S/C13H21FN2/c1-2-13(16-10-4-3-9-15)11-5-7-12(14)8-6-11/h5-8,13,16H,2-4,9-10,15H2,1H3. The minimum absolute atomic E-state index is 0.179. The lowest BCUT2D eigenvalue weighted by Crippen LogP contribution is -2.22. The SMILES string of the molecule is CCC(NCCCCN)c1ccc(F)cc1. The Morgan fingerprint density at radius 3 is 2.50 bits per heavy atom. The van der Waals surface area contributed by atoms with Crippen molar-refractivity contribution in [3.63, 3.8) is 0 Å². The molecule has 1 aromatic rings. The van der Waals surface area contributed by atoms with Crippen molar-refractivity contribution in [3.05, 3.63) is 35.6 Å². The maximum Gasteiger partial charge on any atom is 0.123 e. The Morgan fingerprint density at radius 2 is 1.94 bits per heavy atom. The molecule has 0 aliphatic heterocycles. The highest BCUT2D eigenvalue weighted by molar-refractivity contribution is 5.19. The highest BCUT2D eigenvalue weighted by Gasteiger charge is 2.07. The average Bonchev–Trinajstić information content (AvgIpc) is 2.31. The molecule has 0 bridgehead atoms. The van der Waals surface area contributed by atoms with E-state index in [0.29, 0.717) is 6.04 Å². The van der Waals surface area contributed by atoms with E-state index >= 15 is 0 Å². The molecule has 1 aromatic carbocycles. The Hall–Kier alpha value is -0.930. The third-order valence-corrected chi connectivity index (χ3v) is 2.70. The second kappa shape index (κ2) is 7.36. The molecule has 0 spiro atoms. The first kappa shape index (κ1) is 13.1. The normalized spacial score (nSPS) is 12.7. The fraction of sp³-hybridized carbons (Fsp3) is 0.538. The Labute approximate surface area is 97.0 Å². The number of unbranched alkanes of at least 4 members (excludes halogenated alkanes) is 1. The van der Waals surface area contributed by atoms with Crippen LogP contribution in [0.1, 0.15) is 37.8 Å². The quantitative estimate of drug-likeness (QED) is 0.699. The molecule has 0 fully saturated rings. The summed E-state index contributed by atoms with van der Waals surface area (Å²) in [6.45, 7) is 3.84. The van der Waals surface area contributed by atoms with Crippen LogP contribution in [0, 0.1) is 5.82 Å². The molecule has 0 amide bonds. The number of nitrogens with one attached hydrogen (secondary N) is 1. The lowest BCUT2D eigenvalue weighted by molar-refractivity contribution is 0.503. The van der Waals surface area contributed by atoms with Crippen LogP contribution in [-0.2, 0) is 0 Å². The number of hydrogen-bond acceptors (Lipinski definition) is 2. The molecule has 16 heavy (non-hydrogen) atoms. The molecule has 0 saturated heterocycles. The third-order valence-electron chi connectivity index (χ3n) is 2.70. The zero-order chi connectivity index (χ0) is 11.8. The summed E-state index contributed by atoms with van der Waals surface area (Å²) in [4.78, 5) is 0. The molecular formula is C13H21FN2. The van der Waals surface area contributed by atoms with E-state index in [0.717, 1.165) is 37.9 Å². The van der Waals surface area contributed by atoms with Crippen LogP contribution in [-0.4, -0.2) is 13.1 Å². The summed E-state index contributed by atoms with van der Waals surface area (Å²) in [7, 11) is 0. The van der Waals surface area contributed by atoms with E-state index in [1.165, 1.54) is 12.1 Å². The first-order valence-corrected chi connectivity index (χ1v) is 5.96. The molecule has 2 nitrogen and oxygen atoms in total. The van der Waals surface area contributed by atoms with E-state index in [1.807, 2.05) is 12.1 Å². The molecule has 1 rings (SSSR count). The van der Waals surface area contributed by atoms with Crippen molar-refractivity contribution in [2.45, 2.75) is 32.2 Å². The van der Waals surface area contributed by atoms with Crippen molar-refractivity contribution >= 4 is 0 Å². The van der Waals surface area contributed by atoms with Crippen molar-refractivity contribution in [2.75, 3.05) is 13.1 Å². The molecule has 1 unspecified atom stereocenters. The smallest absolute Gasteiger partial charge is 0.123 e. The number of rotatable bonds is 7. The van der Waals surface area contributed by atoms with Crippen LogP contribution in [0.5, 0.6) is 0 Å². The van der Waals surface area contributed by atoms with Crippen molar-refractivity contribution < 1.29 is 4.39 Å². The van der Waals surface area contributed by atoms with Gasteiger partial charge in [0.1, 0.15) is 5.82 Å². The molecule has 0 aliphatic rings. The summed E-state index contributed by atoms with van der Waals surface area (Å²) in [6.07, 6.45) is 3.15. The lowest BCUT2D eigenvalue weighted by Gasteiger charge is -2.17. The summed E-state index contributed by atoms with van der Waals surface area (Å²) < 4.78 is 12.8. The van der Waals surface area contributed by atoms with Gasteiger partial charge in [0, 0.05) is 6.04 Å². The average molecular weight is 224 g/mol. The van der Waals surface area contributed by atoms with Gasteiger partial charge in [0.05, 0.1) is 0 Å². The van der Waals surface area contributed by atoms with Crippen molar-refractivity contribution in [3.8, 4) is 0 Å². The molecule has 0 saturated carbocycles. The monoisotopic (exact) mass is 224 g/mol. The van der Waals surface area contributed by atoms with Gasteiger partial charge in [-0.3, -0.25) is 0 Å². The molecule has 0 aromatic heterocycles. The van der Waals surface area contributed by atoms with Crippen LogP contribution in [0.25, 0.3) is 0 Å². The van der Waals surface area contributed by atoms with Gasteiger partial charge in [0.25, 0.3) is 0 Å². The Bertz CT molecular complexity index is 284. The van der Waals surface area contributed by atoms with Gasteiger partial charge in [0.15, 0.2) is 0 Å². The summed E-state index contributed by atoms with van der Waals surface area (Å²) in [5.41, 5.74) is 6.59. The van der Waals surface area contributed by atoms with Crippen molar-refractivity contribution in [2.24, 2.45) is 5.73 Å². The van der Waals surface area contributed by atoms with Crippen LogP contribution in [0.15, 0.2) is 24.3 Å². The summed E-state index contributed by atoms with van der Waals surface area (Å²) >= 11 is 0. The van der Waals surface area contributed by atoms with Crippen LogP contribution >= 0.6 is 0 Å². The Balaban J connectivity index is 2.44. The topological polar surface area (TPSA) is 38.0 Å². The molecule has 3 N–H and O–H groups in total. The van der Waals surface area contributed by atoms with Crippen molar-refractivity contribution in [1.82, 2.24) is 5.32 Å². The van der Waals surface area contributed by atoms with Gasteiger partial charge in [-0.1, -0.05) is 19.1 Å². The Kier molecular flexibility index (Phi) is 6.04. The van der Waals surface area contributed by atoms with Gasteiger partial charge in [-0.05, 0) is 50.0 Å². The largest absolute Gasteiger partial charge is 0.330 e. The molecule has 90 valence electrons. The maximum atomic E-state index is 12.8. The van der Waals surface area contributed by atoms with Crippen LogP contribution in [0.3, 0.4) is 0 Å². The summed E-state index contributed by atoms with van der Waals surface area (Å²) in [5.74, 6) is -0.179. The highest BCUT2D eigenvalue weighted by atomic mass is 19.1. The minimum atomic E-state index is -0.179. The van der Waals surface area contributed by atoms with E-state index in [9.17, 15) is 4.39 Å². The molecular weight excluding hydrogens is 203 g/mol. The first-order valence-electron chi connectivity index (χ1n) is 5.96. The first-order chi connectivity index (χ1) is 7.77. The van der Waals surface area contributed by atoms with Gasteiger partial charge >= 0.3 is 0 Å². The van der Waals surface area contributed by atoms with E-state index in [2.05, 4.69) is 12.2 Å². The molecule has 1 atom stereocenters. The van der Waals surface area contributed by atoms with Crippen LogP contribution in [0.2, 0.25) is 0 Å². The highest BCUT2D eigenvalue weighted by Crippen LogP contribution is 2.16. The van der Waals surface area contributed by atoms with Gasteiger partial charge in [-0.2, -0.15) is 0 Å². The van der Waals surface area contributed by atoms with Gasteiger partial charge < -0.3 is 11.1 Å². The fourth-order valence-corrected chi connectivity index (χ4v) is 1.74. The van der Waals surface area contributed by atoms with E-state index in [-0.39, 0.29) is 5.82 Å². The number of hydrogen-bond donors (Lipinski definition) is 2. The van der Waals surface area contributed by atoms with Gasteiger partial charge in [0.2, 0.25) is 0 Å². The Morgan fingerprint density at radius 1 is 1.25 bits per heavy atom. The van der Waals surface area contributed by atoms with Gasteiger partial charge in [-0.15, -0.1) is 0 Å². The van der Waals surface area contributed by atoms with E-state index in [1.54, 1.807) is 0 Å². The molecule has 0 heterocycles. The van der Waals surface area contributed by atoms with Crippen molar-refractivity contribution in [1.29, 1.82) is 0 Å². The predicted octanol–water partition coefficient (Wildman–Crippen LogP) is 2.61. The maximum absolute atomic E-state index is 12.8. The number of halogens is 1. The summed E-state index contributed by atoms with van der Waals surface area (Å²) in [6, 6.07) is 7.04. The van der Waals surface area contributed by atoms with Gasteiger partial charge in [-0.25, -0.2) is 4.39 Å². The summed E-state index contributed by atoms with van der Waals surface area (Å²) in [5, 5.41) is 3.46. The minimum Gasteiger partial charge on any atom is -0.330 e.